The fourth-order valence-corrected chi connectivity index (χ4v) is 14.2. The summed E-state index contributed by atoms with van der Waals surface area (Å²) in [6.07, 6.45) is 55.0. The van der Waals surface area contributed by atoms with Crippen molar-refractivity contribution in [3.8, 4) is 0 Å². The lowest BCUT2D eigenvalue weighted by Gasteiger charge is -2.37. The summed E-state index contributed by atoms with van der Waals surface area (Å²) in [6.45, 7) is 16.1. The lowest BCUT2D eigenvalue weighted by molar-refractivity contribution is -0.567. The van der Waals surface area contributed by atoms with Crippen LogP contribution in [0.2, 0.25) is 0 Å². The van der Waals surface area contributed by atoms with Crippen LogP contribution in [0.25, 0.3) is 0 Å². The first-order chi connectivity index (χ1) is 34.0. The second-order valence-corrected chi connectivity index (χ2v) is 24.7. The van der Waals surface area contributed by atoms with Crippen LogP contribution in [0, 0.1) is 22.7 Å². The third-order valence-corrected chi connectivity index (χ3v) is 18.8. The van der Waals surface area contributed by atoms with E-state index in [0.29, 0.717) is 35.1 Å². The van der Waals surface area contributed by atoms with E-state index in [0.717, 1.165) is 51.6 Å². The Kier molecular flexibility index (Phi) is 26.7. The summed E-state index contributed by atoms with van der Waals surface area (Å²) >= 11 is 0. The number of carbonyl (C=O) groups is 1. The van der Waals surface area contributed by atoms with Crippen molar-refractivity contribution < 1.29 is 24.0 Å². The van der Waals surface area contributed by atoms with E-state index in [1.807, 2.05) is 14.2 Å². The predicted octanol–water partition coefficient (Wildman–Crippen LogP) is 16.7. The van der Waals surface area contributed by atoms with Gasteiger partial charge in [0.05, 0.1) is 17.6 Å². The Labute approximate surface area is 433 Å². The lowest BCUT2D eigenvalue weighted by Crippen LogP contribution is -2.40. The van der Waals surface area contributed by atoms with Crippen LogP contribution >= 0.6 is 0 Å². The van der Waals surface area contributed by atoms with Crippen molar-refractivity contribution in [1.82, 2.24) is 4.90 Å². The Morgan fingerprint density at radius 2 is 0.957 bits per heavy atom. The van der Waals surface area contributed by atoms with Crippen LogP contribution in [0.4, 0.5) is 0 Å². The van der Waals surface area contributed by atoms with Crippen molar-refractivity contribution in [1.29, 1.82) is 0 Å². The van der Waals surface area contributed by atoms with E-state index < -0.39 is 0 Å². The first kappa shape index (κ1) is 59.0. The zero-order valence-corrected chi connectivity index (χ0v) is 47.4. The molecule has 6 unspecified atom stereocenters. The fraction of sp³-hybridized carbons (Fsp3) is 0.875. The minimum absolute atomic E-state index is 0.0457. The maximum Gasteiger partial charge on any atom is 0.192 e. The van der Waals surface area contributed by atoms with Crippen molar-refractivity contribution in [3.63, 3.8) is 0 Å². The summed E-state index contributed by atoms with van der Waals surface area (Å²) in [6, 6.07) is 0.884. The molecular formula is C64H112N2O4. The minimum atomic E-state index is -0.135. The largest absolute Gasteiger partial charge is 0.871 e. The number of rotatable bonds is 38. The first-order valence-corrected chi connectivity index (χ1v) is 30.9. The number of nitrogens with zero attached hydrogens (tertiary/aromatic N) is 2. The second-order valence-electron chi connectivity index (χ2n) is 24.7. The molecule has 6 atom stereocenters. The highest BCUT2D eigenvalue weighted by Gasteiger charge is 2.57. The molecule has 3 aliphatic carbocycles. The molecule has 2 heterocycles. The van der Waals surface area contributed by atoms with Crippen LogP contribution in [0.3, 0.4) is 0 Å². The van der Waals surface area contributed by atoms with E-state index in [4.69, 9.17) is 9.47 Å². The second kappa shape index (κ2) is 31.7. The van der Waals surface area contributed by atoms with Gasteiger partial charge in [-0.2, -0.15) is 0 Å². The molecule has 6 nitrogen and oxygen atoms in total. The van der Waals surface area contributed by atoms with Gasteiger partial charge in [0, 0.05) is 73.9 Å². The molecule has 0 bridgehead atoms. The number of allylic oxidation sites excluding steroid dienone is 5. The fourth-order valence-electron chi connectivity index (χ4n) is 14.2. The zero-order valence-electron chi connectivity index (χ0n) is 47.4. The van der Waals surface area contributed by atoms with E-state index in [-0.39, 0.29) is 34.6 Å². The number of ether oxygens (including phenoxy) is 2. The number of ketones is 1. The Bertz CT molecular complexity index is 1640. The van der Waals surface area contributed by atoms with Crippen LogP contribution in [0.15, 0.2) is 34.8 Å². The number of fused-ring (bicyclic) bond motifs is 2. The number of unbranched alkanes of at least 4 members (excludes halogenated alkanes) is 30. The zero-order chi connectivity index (χ0) is 50.2. The number of Topliss-reactive ketones (excluding diaryl/α,β-unsaturated/α-hetero) is 1. The smallest absolute Gasteiger partial charge is 0.192 e. The number of hydrogen-bond donors (Lipinski definition) is 0. The van der Waals surface area contributed by atoms with Crippen LogP contribution in [0.1, 0.15) is 286 Å². The maximum absolute atomic E-state index is 14.4. The van der Waals surface area contributed by atoms with Crippen molar-refractivity contribution in [2.45, 2.75) is 310 Å². The molecule has 402 valence electrons. The van der Waals surface area contributed by atoms with E-state index in [1.165, 1.54) is 217 Å². The highest BCUT2D eigenvalue weighted by molar-refractivity contribution is 6.23. The topological polar surface area (TPSA) is 64.8 Å². The average molecular weight is 974 g/mol. The number of carbonyl (C=O) groups excluding carboxylic acids is 1. The molecule has 6 heteroatoms. The molecule has 0 N–H and O–H groups in total. The Morgan fingerprint density at radius 3 is 1.40 bits per heavy atom. The molecule has 5 rings (SSSR count). The summed E-state index contributed by atoms with van der Waals surface area (Å²) < 4.78 is 14.6. The van der Waals surface area contributed by atoms with Crippen LogP contribution in [-0.4, -0.2) is 72.6 Å². The summed E-state index contributed by atoms with van der Waals surface area (Å²) in [7, 11) is 3.73. The van der Waals surface area contributed by atoms with Gasteiger partial charge in [0.2, 0.25) is 0 Å². The molecule has 2 saturated carbocycles. The number of likely N-dealkylation sites (tertiary alicyclic amines) is 1. The third-order valence-electron chi connectivity index (χ3n) is 18.8. The Balaban J connectivity index is 1.16. The third kappa shape index (κ3) is 17.1. The van der Waals surface area contributed by atoms with E-state index in [2.05, 4.69) is 63.2 Å². The molecule has 1 saturated heterocycles. The Hall–Kier alpha value is -1.92. The van der Waals surface area contributed by atoms with Gasteiger partial charge >= 0.3 is 0 Å². The SMILES string of the molecule is CCCCCCCCCCCCCCCCCCN1/C(=C/C2=C([O-])C(=C/C3=[N+](CCCCCCCCCCCCCCCCCC)C4CCC(OC)CC4C3(C)C)/C2=O)C(C)(C)C2CC(OC)CCC21. The van der Waals surface area contributed by atoms with Gasteiger partial charge in [-0.15, -0.1) is 0 Å². The molecular weight excluding hydrogens is 861 g/mol. The average Bonchev–Trinajstić information content (AvgIpc) is 3.70. The molecule has 0 amide bonds. The van der Waals surface area contributed by atoms with Crippen molar-refractivity contribution in [2.24, 2.45) is 22.7 Å². The molecule has 0 radical (unpaired) electrons. The molecule has 0 aromatic carbocycles. The predicted molar refractivity (Wildman–Crippen MR) is 296 cm³/mol. The molecule has 70 heavy (non-hydrogen) atoms. The first-order valence-electron chi connectivity index (χ1n) is 30.9. The van der Waals surface area contributed by atoms with Crippen molar-refractivity contribution in [3.05, 3.63) is 34.8 Å². The van der Waals surface area contributed by atoms with Gasteiger partial charge in [-0.1, -0.05) is 220 Å². The summed E-state index contributed by atoms with van der Waals surface area (Å²) in [5.74, 6) is 0.810. The van der Waals surface area contributed by atoms with Gasteiger partial charge in [0.1, 0.15) is 6.54 Å². The molecule has 0 spiro atoms. The lowest BCUT2D eigenvalue weighted by atomic mass is 9.67. The van der Waals surface area contributed by atoms with E-state index >= 15 is 0 Å². The maximum atomic E-state index is 14.4. The van der Waals surface area contributed by atoms with Gasteiger partial charge in [0.15, 0.2) is 17.5 Å². The standard InChI is InChI=1S/C64H112N2O4/c1-9-11-13-15-17-19-21-23-25-27-29-31-33-35-37-39-45-65-57-43-41-51(69-7)47-55(57)63(3,4)59(65)49-53-61(67)54(62(53)68)50-60-64(5,6)56-48-52(70-8)42-44-58(56)66(60)46-40-38-36-34-32-30-28-26-24-22-20-18-16-14-12-10-2/h49-52,55-58H,9-48H2,1-8H3. The number of methoxy groups -OCH3 is 2. The summed E-state index contributed by atoms with van der Waals surface area (Å²) in [5, 5.41) is 14.4. The summed E-state index contributed by atoms with van der Waals surface area (Å²) in [5.41, 5.74) is 2.97. The number of hydrogen-bond acceptors (Lipinski definition) is 5. The quantitative estimate of drug-likeness (QED) is 0.0350. The van der Waals surface area contributed by atoms with Gasteiger partial charge < -0.3 is 19.5 Å². The monoisotopic (exact) mass is 973 g/mol. The van der Waals surface area contributed by atoms with Gasteiger partial charge in [-0.05, 0) is 70.8 Å². The van der Waals surface area contributed by atoms with Crippen LogP contribution in [-0.2, 0) is 14.3 Å². The molecule has 5 aliphatic rings. The van der Waals surface area contributed by atoms with Crippen molar-refractivity contribution >= 4 is 11.5 Å². The van der Waals surface area contributed by atoms with Crippen LogP contribution < -0.4 is 5.11 Å². The summed E-state index contributed by atoms with van der Waals surface area (Å²) in [4.78, 5) is 17.0. The van der Waals surface area contributed by atoms with Crippen molar-refractivity contribution in [2.75, 3.05) is 27.3 Å². The van der Waals surface area contributed by atoms with Gasteiger partial charge in [-0.25, -0.2) is 4.58 Å². The Morgan fingerprint density at radius 1 is 0.543 bits per heavy atom. The normalized spacial score (nSPS) is 26.2. The molecule has 0 aromatic heterocycles. The van der Waals surface area contributed by atoms with E-state index in [9.17, 15) is 9.90 Å². The minimum Gasteiger partial charge on any atom is -0.871 e. The highest BCUT2D eigenvalue weighted by Crippen LogP contribution is 2.55. The van der Waals surface area contributed by atoms with Crippen LogP contribution in [0.5, 0.6) is 0 Å². The van der Waals surface area contributed by atoms with E-state index in [1.54, 1.807) is 0 Å². The highest BCUT2D eigenvalue weighted by atomic mass is 16.5. The van der Waals surface area contributed by atoms with Gasteiger partial charge in [-0.3, -0.25) is 4.79 Å². The molecule has 3 fully saturated rings. The molecule has 2 aliphatic heterocycles. The van der Waals surface area contributed by atoms with Gasteiger partial charge in [0.25, 0.3) is 0 Å². The molecule has 0 aromatic rings.